The first-order valence-electron chi connectivity index (χ1n) is 5.04. The first kappa shape index (κ1) is 11.9. The number of hydrogen-bond donors (Lipinski definition) is 3. The molecule has 4 N–H and O–H groups in total. The molecule has 0 saturated carbocycles. The maximum atomic E-state index is 12.6. The van der Waals surface area contributed by atoms with Crippen molar-refractivity contribution >= 4 is 17.4 Å². The summed E-state index contributed by atoms with van der Waals surface area (Å²) >= 11 is 0. The second-order valence-corrected chi connectivity index (χ2v) is 3.39. The van der Waals surface area contributed by atoms with E-state index < -0.39 is 11.7 Å². The van der Waals surface area contributed by atoms with Gasteiger partial charge in [0.1, 0.15) is 17.3 Å². The lowest BCUT2D eigenvalue weighted by molar-refractivity contribution is 0.102. The molecule has 0 spiro atoms. The molecule has 18 heavy (non-hydrogen) atoms. The topological polar surface area (TPSA) is 92.9 Å². The number of hydrogen-bond acceptors (Lipinski definition) is 5. The fourth-order valence-electron chi connectivity index (χ4n) is 1.27. The van der Waals surface area contributed by atoms with Crippen LogP contribution in [-0.4, -0.2) is 15.9 Å². The van der Waals surface area contributed by atoms with Crippen molar-refractivity contribution in [2.45, 2.75) is 0 Å². The van der Waals surface area contributed by atoms with Crippen molar-refractivity contribution in [3.8, 4) is 0 Å². The summed E-state index contributed by atoms with van der Waals surface area (Å²) in [7, 11) is 0. The Labute approximate surface area is 102 Å². The minimum Gasteiger partial charge on any atom is -0.324 e. The fourth-order valence-corrected chi connectivity index (χ4v) is 1.27. The van der Waals surface area contributed by atoms with Gasteiger partial charge < -0.3 is 10.7 Å². The number of pyridine rings is 2. The van der Waals surface area contributed by atoms with Gasteiger partial charge in [0.15, 0.2) is 0 Å². The molecule has 6 nitrogen and oxygen atoms in total. The predicted octanol–water partition coefficient (Wildman–Crippen LogP) is 1.15. The van der Waals surface area contributed by atoms with Crippen molar-refractivity contribution in [1.29, 1.82) is 0 Å². The van der Waals surface area contributed by atoms with Crippen LogP contribution in [0.25, 0.3) is 0 Å². The van der Waals surface area contributed by atoms with Crippen molar-refractivity contribution in [1.82, 2.24) is 9.97 Å². The van der Waals surface area contributed by atoms with Crippen LogP contribution in [-0.2, 0) is 0 Å². The first-order chi connectivity index (χ1) is 8.69. The molecule has 2 heterocycles. The molecule has 0 aliphatic rings. The van der Waals surface area contributed by atoms with Crippen LogP contribution in [0.1, 0.15) is 10.5 Å². The maximum Gasteiger partial charge on any atom is 0.275 e. The van der Waals surface area contributed by atoms with Crippen LogP contribution in [0.4, 0.5) is 15.9 Å². The average molecular weight is 247 g/mol. The summed E-state index contributed by atoms with van der Waals surface area (Å²) < 4.78 is 12.6. The van der Waals surface area contributed by atoms with Crippen LogP contribution in [0.3, 0.4) is 0 Å². The Hall–Kier alpha value is -2.54. The van der Waals surface area contributed by atoms with E-state index in [2.05, 4.69) is 20.7 Å². The number of rotatable bonds is 3. The van der Waals surface area contributed by atoms with Crippen LogP contribution in [0, 0.1) is 5.82 Å². The highest BCUT2D eigenvalue weighted by atomic mass is 19.1. The number of nitrogens with zero attached hydrogens (tertiary/aromatic N) is 2. The molecule has 2 aromatic rings. The molecule has 7 heteroatoms. The highest BCUT2D eigenvalue weighted by Crippen LogP contribution is 2.09. The number of amides is 1. The predicted molar refractivity (Wildman–Crippen MR) is 64.2 cm³/mol. The molecule has 0 aliphatic heterocycles. The van der Waals surface area contributed by atoms with Gasteiger partial charge in [0, 0.05) is 6.20 Å². The van der Waals surface area contributed by atoms with Gasteiger partial charge >= 0.3 is 0 Å². The molecule has 92 valence electrons. The molecule has 0 saturated heterocycles. The van der Waals surface area contributed by atoms with Crippen LogP contribution in [0.2, 0.25) is 0 Å². The van der Waals surface area contributed by atoms with Crippen LogP contribution < -0.4 is 16.6 Å². The van der Waals surface area contributed by atoms with E-state index in [1.807, 2.05) is 0 Å². The highest BCUT2D eigenvalue weighted by Gasteiger charge is 2.08. The number of hydrazine groups is 1. The number of nitrogen functional groups attached to an aromatic ring is 1. The second-order valence-electron chi connectivity index (χ2n) is 3.39. The Morgan fingerprint density at radius 1 is 1.28 bits per heavy atom. The summed E-state index contributed by atoms with van der Waals surface area (Å²) in [6.45, 7) is 0. The van der Waals surface area contributed by atoms with Gasteiger partial charge in [-0.15, -0.1) is 0 Å². The van der Waals surface area contributed by atoms with Crippen LogP contribution in [0.5, 0.6) is 0 Å². The van der Waals surface area contributed by atoms with Gasteiger partial charge in [-0.1, -0.05) is 0 Å². The molecule has 2 aromatic heterocycles. The van der Waals surface area contributed by atoms with Crippen molar-refractivity contribution in [2.24, 2.45) is 5.84 Å². The maximum absolute atomic E-state index is 12.6. The molecular weight excluding hydrogens is 237 g/mol. The van der Waals surface area contributed by atoms with Crippen molar-refractivity contribution < 1.29 is 9.18 Å². The van der Waals surface area contributed by atoms with Gasteiger partial charge in [-0.05, 0) is 24.3 Å². The van der Waals surface area contributed by atoms with Gasteiger partial charge in [-0.3, -0.25) is 15.6 Å². The Morgan fingerprint density at radius 3 is 2.78 bits per heavy atom. The minimum absolute atomic E-state index is 0.177. The van der Waals surface area contributed by atoms with E-state index in [1.165, 1.54) is 24.4 Å². The van der Waals surface area contributed by atoms with Gasteiger partial charge in [-0.2, -0.15) is 0 Å². The van der Waals surface area contributed by atoms with E-state index in [-0.39, 0.29) is 11.5 Å². The van der Waals surface area contributed by atoms with Gasteiger partial charge in [0.05, 0.1) is 11.9 Å². The molecule has 0 atom stereocenters. The fraction of sp³-hybridized carbons (Fsp3) is 0. The van der Waals surface area contributed by atoms with Gasteiger partial charge in [-0.25, -0.2) is 9.37 Å². The molecular formula is C11H10FN5O. The molecule has 1 amide bonds. The molecule has 0 radical (unpaired) electrons. The average Bonchev–Trinajstić information content (AvgIpc) is 2.41. The third-order valence-electron chi connectivity index (χ3n) is 2.13. The van der Waals surface area contributed by atoms with Crippen molar-refractivity contribution in [3.63, 3.8) is 0 Å². The smallest absolute Gasteiger partial charge is 0.275 e. The lowest BCUT2D eigenvalue weighted by atomic mass is 10.3. The number of nitrogens with two attached hydrogens (primary N) is 1. The number of halogens is 1. The zero-order valence-corrected chi connectivity index (χ0v) is 9.22. The van der Waals surface area contributed by atoms with Crippen LogP contribution in [0.15, 0.2) is 36.7 Å². The molecule has 0 fully saturated rings. The van der Waals surface area contributed by atoms with E-state index in [1.54, 1.807) is 6.07 Å². The Balaban J connectivity index is 2.14. The van der Waals surface area contributed by atoms with E-state index in [9.17, 15) is 9.18 Å². The third-order valence-corrected chi connectivity index (χ3v) is 2.13. The van der Waals surface area contributed by atoms with Gasteiger partial charge in [0.25, 0.3) is 5.91 Å². The summed E-state index contributed by atoms with van der Waals surface area (Å²) in [6.07, 6.45) is 2.46. The second kappa shape index (κ2) is 5.19. The van der Waals surface area contributed by atoms with E-state index in [0.29, 0.717) is 5.69 Å². The van der Waals surface area contributed by atoms with Crippen molar-refractivity contribution in [3.05, 3.63) is 48.2 Å². The van der Waals surface area contributed by atoms with Crippen molar-refractivity contribution in [2.75, 3.05) is 10.7 Å². The summed E-state index contributed by atoms with van der Waals surface area (Å²) in [5.41, 5.74) is 3.14. The molecule has 0 aliphatic carbocycles. The van der Waals surface area contributed by atoms with E-state index >= 15 is 0 Å². The summed E-state index contributed by atoms with van der Waals surface area (Å²) in [5.74, 6) is 4.54. The zero-order chi connectivity index (χ0) is 13.0. The minimum atomic E-state index is -0.472. The zero-order valence-electron chi connectivity index (χ0n) is 9.22. The third kappa shape index (κ3) is 2.77. The monoisotopic (exact) mass is 247 g/mol. The van der Waals surface area contributed by atoms with E-state index in [4.69, 9.17) is 5.84 Å². The molecule has 0 bridgehead atoms. The summed E-state index contributed by atoms with van der Waals surface area (Å²) in [5, 5.41) is 2.49. The standard InChI is InChI=1S/C11H10FN5O/c12-7-1-2-10(15-6-7)16-11(18)9-5-8(17-13)3-4-14-9/h1-6H,13H2,(H,14,17)(H,15,16,18). The number of carbonyl (C=O) groups excluding carboxylic acids is 1. The molecule has 0 aromatic carbocycles. The first-order valence-corrected chi connectivity index (χ1v) is 5.04. The van der Waals surface area contributed by atoms with Crippen LogP contribution >= 0.6 is 0 Å². The largest absolute Gasteiger partial charge is 0.324 e. The Morgan fingerprint density at radius 2 is 2.11 bits per heavy atom. The highest BCUT2D eigenvalue weighted by molar-refractivity contribution is 6.02. The molecule has 0 unspecified atom stereocenters. The van der Waals surface area contributed by atoms with E-state index in [0.717, 1.165) is 6.20 Å². The molecule has 2 rings (SSSR count). The number of nitrogens with one attached hydrogen (secondary N) is 2. The Bertz CT molecular complexity index is 558. The number of anilines is 2. The normalized spacial score (nSPS) is 9.89. The number of carbonyl (C=O) groups is 1. The Kier molecular flexibility index (Phi) is 3.44. The lowest BCUT2D eigenvalue weighted by Gasteiger charge is -2.05. The van der Waals surface area contributed by atoms with Gasteiger partial charge in [0.2, 0.25) is 0 Å². The SMILES string of the molecule is NNc1ccnc(C(=O)Nc2ccc(F)cn2)c1. The number of aromatic nitrogens is 2. The lowest BCUT2D eigenvalue weighted by Crippen LogP contribution is -2.15. The quantitative estimate of drug-likeness (QED) is 0.559. The summed E-state index contributed by atoms with van der Waals surface area (Å²) in [4.78, 5) is 19.4. The summed E-state index contributed by atoms with van der Waals surface area (Å²) in [6, 6.07) is 5.66.